The van der Waals surface area contributed by atoms with E-state index in [9.17, 15) is 14.6 Å². The molecule has 0 aromatic heterocycles. The first-order chi connectivity index (χ1) is 6.00. The third-order valence-corrected chi connectivity index (χ3v) is 2.52. The van der Waals surface area contributed by atoms with Crippen LogP contribution in [0.4, 0.5) is 4.39 Å². The molecule has 6 heteroatoms. The van der Waals surface area contributed by atoms with Crippen molar-refractivity contribution in [3.05, 3.63) is 0 Å². The summed E-state index contributed by atoms with van der Waals surface area (Å²) < 4.78 is 13.2. The minimum atomic E-state index is -1.81. The summed E-state index contributed by atoms with van der Waals surface area (Å²) in [5.41, 5.74) is 5.24. The van der Waals surface area contributed by atoms with E-state index in [0.29, 0.717) is 0 Å². The van der Waals surface area contributed by atoms with Gasteiger partial charge in [0.25, 0.3) is 0 Å². The summed E-state index contributed by atoms with van der Waals surface area (Å²) >= 11 is 0. The zero-order valence-corrected chi connectivity index (χ0v) is 6.92. The molecular formula is C7H14FNO4. The first kappa shape index (κ1) is 10.8. The molecule has 6 N–H and O–H groups in total. The Bertz CT molecular complexity index is 166. The summed E-state index contributed by atoms with van der Waals surface area (Å²) in [7, 11) is 0. The number of hydrogen-bond acceptors (Lipinski definition) is 5. The van der Waals surface area contributed by atoms with E-state index in [1.54, 1.807) is 0 Å². The van der Waals surface area contributed by atoms with Crippen LogP contribution in [-0.4, -0.2) is 57.6 Å². The van der Waals surface area contributed by atoms with Crippen molar-refractivity contribution < 1.29 is 24.8 Å². The van der Waals surface area contributed by atoms with Crippen molar-refractivity contribution in [2.24, 2.45) is 11.7 Å². The average Bonchev–Trinajstić information content (AvgIpc) is 2.13. The zero-order chi connectivity index (χ0) is 10.2. The summed E-state index contributed by atoms with van der Waals surface area (Å²) in [5.74, 6) is -1.18. The smallest absolute Gasteiger partial charge is 0.135 e. The lowest BCUT2D eigenvalue weighted by molar-refractivity contribution is -0.144. The summed E-state index contributed by atoms with van der Waals surface area (Å²) in [6.45, 7) is -0.636. The molecule has 0 unspecified atom stereocenters. The van der Waals surface area contributed by atoms with Crippen LogP contribution in [0.5, 0.6) is 0 Å². The van der Waals surface area contributed by atoms with Gasteiger partial charge in [0.1, 0.15) is 12.3 Å². The predicted octanol–water partition coefficient (Wildman–Crippen LogP) is -2.64. The quantitative estimate of drug-likeness (QED) is 0.314. The van der Waals surface area contributed by atoms with Crippen molar-refractivity contribution in [1.29, 1.82) is 0 Å². The van der Waals surface area contributed by atoms with Gasteiger partial charge in [-0.1, -0.05) is 0 Å². The lowest BCUT2D eigenvalue weighted by atomic mass is 9.79. The van der Waals surface area contributed by atoms with E-state index < -0.39 is 43.1 Å². The molecule has 0 heterocycles. The van der Waals surface area contributed by atoms with Crippen molar-refractivity contribution in [3.8, 4) is 0 Å². The van der Waals surface area contributed by atoms with Gasteiger partial charge >= 0.3 is 0 Å². The Morgan fingerprint density at radius 2 is 1.62 bits per heavy atom. The number of aliphatic hydroxyl groups excluding tert-OH is 4. The van der Waals surface area contributed by atoms with Gasteiger partial charge in [-0.05, 0) is 0 Å². The van der Waals surface area contributed by atoms with Crippen molar-refractivity contribution >= 4 is 0 Å². The Morgan fingerprint density at radius 1 is 1.08 bits per heavy atom. The van der Waals surface area contributed by atoms with Crippen LogP contribution < -0.4 is 5.73 Å². The van der Waals surface area contributed by atoms with E-state index in [0.717, 1.165) is 0 Å². The molecular weight excluding hydrogens is 181 g/mol. The molecule has 0 radical (unpaired) electrons. The maximum atomic E-state index is 13.2. The second-order valence-corrected chi connectivity index (χ2v) is 3.34. The molecule has 6 atom stereocenters. The summed E-state index contributed by atoms with van der Waals surface area (Å²) in [6, 6.07) is -1.22. The monoisotopic (exact) mass is 195 g/mol. The Morgan fingerprint density at radius 3 is 2.08 bits per heavy atom. The minimum Gasteiger partial charge on any atom is -0.396 e. The van der Waals surface area contributed by atoms with Crippen LogP contribution in [0.2, 0.25) is 0 Å². The van der Waals surface area contributed by atoms with E-state index in [1.165, 1.54) is 0 Å². The van der Waals surface area contributed by atoms with Gasteiger partial charge < -0.3 is 26.2 Å². The van der Waals surface area contributed by atoms with Gasteiger partial charge in [0.15, 0.2) is 0 Å². The third kappa shape index (κ3) is 1.68. The second-order valence-electron chi connectivity index (χ2n) is 3.34. The molecule has 1 aliphatic carbocycles. The van der Waals surface area contributed by atoms with E-state index in [-0.39, 0.29) is 0 Å². The summed E-state index contributed by atoms with van der Waals surface area (Å²) in [6.07, 6.45) is -6.19. The highest BCUT2D eigenvalue weighted by molar-refractivity contribution is 5.00. The molecule has 0 spiro atoms. The standard InChI is InChI=1S/C7H14FNO4/c8-3-2(1-10)5(11)7(13)4(9)6(3)12/h2-7,10-13H,1,9H2/t2-,3+,4-,5+,6-,7+/m0/s1. The van der Waals surface area contributed by atoms with Crippen LogP contribution in [-0.2, 0) is 0 Å². The van der Waals surface area contributed by atoms with E-state index in [2.05, 4.69) is 0 Å². The van der Waals surface area contributed by atoms with Crippen LogP contribution >= 0.6 is 0 Å². The Hall–Kier alpha value is -0.270. The van der Waals surface area contributed by atoms with E-state index in [1.807, 2.05) is 0 Å². The van der Waals surface area contributed by atoms with Crippen molar-refractivity contribution in [2.75, 3.05) is 6.61 Å². The number of hydrogen-bond donors (Lipinski definition) is 5. The Kier molecular flexibility index (Phi) is 3.20. The SMILES string of the molecule is N[C@@H]1[C@@H](O)[C@H](O)[C@@H](CO)[C@@H](F)[C@@H]1O. The Balaban J connectivity index is 2.79. The number of nitrogens with two attached hydrogens (primary N) is 1. The normalized spacial score (nSPS) is 52.2. The molecule has 1 rings (SSSR count). The molecule has 5 nitrogen and oxygen atoms in total. The fraction of sp³-hybridized carbons (Fsp3) is 1.00. The van der Waals surface area contributed by atoms with Crippen LogP contribution in [0, 0.1) is 5.92 Å². The highest BCUT2D eigenvalue weighted by Gasteiger charge is 2.47. The average molecular weight is 195 g/mol. The molecule has 1 aliphatic rings. The first-order valence-electron chi connectivity index (χ1n) is 4.05. The molecule has 0 amide bonds. The fourth-order valence-electron chi connectivity index (χ4n) is 1.55. The van der Waals surface area contributed by atoms with Gasteiger partial charge in [-0.25, -0.2) is 4.39 Å². The highest BCUT2D eigenvalue weighted by Crippen LogP contribution is 2.27. The molecule has 13 heavy (non-hydrogen) atoms. The lowest BCUT2D eigenvalue weighted by Crippen LogP contribution is -2.63. The van der Waals surface area contributed by atoms with Crippen molar-refractivity contribution in [2.45, 2.75) is 30.5 Å². The zero-order valence-electron chi connectivity index (χ0n) is 6.92. The van der Waals surface area contributed by atoms with E-state index >= 15 is 0 Å². The largest absolute Gasteiger partial charge is 0.396 e. The summed E-state index contributed by atoms with van der Waals surface area (Å²) in [5, 5.41) is 36.3. The van der Waals surface area contributed by atoms with Crippen LogP contribution in [0.1, 0.15) is 0 Å². The Labute approximate surface area is 74.6 Å². The molecule has 0 aromatic rings. The van der Waals surface area contributed by atoms with Gasteiger partial charge in [-0.15, -0.1) is 0 Å². The van der Waals surface area contributed by atoms with Gasteiger partial charge in [0.05, 0.1) is 24.9 Å². The second kappa shape index (κ2) is 3.85. The lowest BCUT2D eigenvalue weighted by Gasteiger charge is -2.40. The highest BCUT2D eigenvalue weighted by atomic mass is 19.1. The molecule has 1 saturated carbocycles. The third-order valence-electron chi connectivity index (χ3n) is 2.52. The van der Waals surface area contributed by atoms with Crippen molar-refractivity contribution in [3.63, 3.8) is 0 Å². The summed E-state index contributed by atoms with van der Waals surface area (Å²) in [4.78, 5) is 0. The first-order valence-corrected chi connectivity index (χ1v) is 4.05. The maximum Gasteiger partial charge on any atom is 0.135 e. The fourth-order valence-corrected chi connectivity index (χ4v) is 1.55. The topological polar surface area (TPSA) is 107 Å². The maximum absolute atomic E-state index is 13.2. The van der Waals surface area contributed by atoms with Gasteiger partial charge in [-0.3, -0.25) is 0 Å². The van der Waals surface area contributed by atoms with Crippen LogP contribution in [0.3, 0.4) is 0 Å². The van der Waals surface area contributed by atoms with E-state index in [4.69, 9.17) is 15.9 Å². The molecule has 78 valence electrons. The van der Waals surface area contributed by atoms with Gasteiger partial charge in [-0.2, -0.15) is 0 Å². The predicted molar refractivity (Wildman–Crippen MR) is 41.5 cm³/mol. The molecule has 0 aromatic carbocycles. The number of halogens is 1. The van der Waals surface area contributed by atoms with Gasteiger partial charge in [0.2, 0.25) is 0 Å². The molecule has 0 saturated heterocycles. The molecule has 0 aliphatic heterocycles. The van der Waals surface area contributed by atoms with Crippen LogP contribution in [0.15, 0.2) is 0 Å². The number of alkyl halides is 1. The number of aliphatic hydroxyl groups is 4. The van der Waals surface area contributed by atoms with Crippen molar-refractivity contribution in [1.82, 2.24) is 0 Å². The minimum absolute atomic E-state index is 0.636. The van der Waals surface area contributed by atoms with Crippen LogP contribution in [0.25, 0.3) is 0 Å². The number of rotatable bonds is 1. The van der Waals surface area contributed by atoms with Gasteiger partial charge in [0, 0.05) is 5.92 Å². The molecule has 0 bridgehead atoms. The molecule has 1 fully saturated rings.